The number of para-hydroxylation sites is 2. The van der Waals surface area contributed by atoms with E-state index in [1.807, 2.05) is 30.3 Å². The van der Waals surface area contributed by atoms with E-state index in [9.17, 15) is 4.79 Å². The molecular weight excluding hydrogens is 306 g/mol. The summed E-state index contributed by atoms with van der Waals surface area (Å²) in [6.45, 7) is 8.60. The molecule has 0 atom stereocenters. The van der Waals surface area contributed by atoms with Crippen molar-refractivity contribution >= 4 is 28.9 Å². The molecule has 0 bridgehead atoms. The minimum Gasteiger partial charge on any atom is -0.279 e. The second-order valence-electron chi connectivity index (χ2n) is 6.29. The van der Waals surface area contributed by atoms with Crippen molar-refractivity contribution in [3.8, 4) is 0 Å². The molecule has 0 saturated heterocycles. The minimum atomic E-state index is -0.104. The van der Waals surface area contributed by atoms with Crippen LogP contribution in [0.15, 0.2) is 48.5 Å². The second kappa shape index (κ2) is 7.65. The molecule has 0 aromatic heterocycles. The lowest BCUT2D eigenvalue weighted by molar-refractivity contribution is -0.115. The number of carbonyl (C=O) groups is 1. The van der Waals surface area contributed by atoms with Gasteiger partial charge in [0.25, 0.3) is 0 Å². The number of hydrogen-bond acceptors (Lipinski definition) is 1. The van der Waals surface area contributed by atoms with E-state index in [0.717, 1.165) is 11.4 Å². The Morgan fingerprint density at radius 2 is 1.43 bits per heavy atom. The number of halogens is 1. The molecule has 23 heavy (non-hydrogen) atoms. The zero-order valence-electron chi connectivity index (χ0n) is 14.2. The van der Waals surface area contributed by atoms with Gasteiger partial charge in [-0.25, -0.2) is 0 Å². The maximum atomic E-state index is 12.7. The van der Waals surface area contributed by atoms with Crippen LogP contribution in [0.4, 0.5) is 11.4 Å². The third-order valence-corrected chi connectivity index (χ3v) is 4.17. The van der Waals surface area contributed by atoms with Gasteiger partial charge in [-0.1, -0.05) is 64.1 Å². The van der Waals surface area contributed by atoms with Gasteiger partial charge in [0.05, 0.1) is 5.69 Å². The molecule has 0 radical (unpaired) electrons. The number of alkyl halides is 1. The quantitative estimate of drug-likeness (QED) is 0.631. The molecule has 0 saturated carbocycles. The fourth-order valence-corrected chi connectivity index (χ4v) is 2.92. The van der Waals surface area contributed by atoms with Crippen molar-refractivity contribution in [3.63, 3.8) is 0 Å². The molecule has 0 aliphatic heterocycles. The van der Waals surface area contributed by atoms with E-state index in [4.69, 9.17) is 11.6 Å². The van der Waals surface area contributed by atoms with Crippen LogP contribution in [-0.4, -0.2) is 11.8 Å². The van der Waals surface area contributed by atoms with E-state index in [2.05, 4.69) is 45.9 Å². The minimum absolute atomic E-state index is 0.0428. The SMILES string of the molecule is CC(C)c1cccc(C(C)C)c1N(C(=O)CCl)c1ccccc1. The lowest BCUT2D eigenvalue weighted by atomic mass is 9.91. The lowest BCUT2D eigenvalue weighted by Gasteiger charge is -2.30. The van der Waals surface area contributed by atoms with Crippen LogP contribution < -0.4 is 4.90 Å². The van der Waals surface area contributed by atoms with Crippen molar-refractivity contribution in [2.24, 2.45) is 0 Å². The first-order valence-corrected chi connectivity index (χ1v) is 8.57. The van der Waals surface area contributed by atoms with Gasteiger partial charge in [-0.2, -0.15) is 0 Å². The third-order valence-electron chi connectivity index (χ3n) is 3.94. The summed E-state index contributed by atoms with van der Waals surface area (Å²) in [7, 11) is 0. The number of nitrogens with zero attached hydrogens (tertiary/aromatic N) is 1. The predicted molar refractivity (Wildman–Crippen MR) is 98.9 cm³/mol. The van der Waals surface area contributed by atoms with Crippen LogP contribution in [0.3, 0.4) is 0 Å². The van der Waals surface area contributed by atoms with Gasteiger partial charge < -0.3 is 0 Å². The fourth-order valence-electron chi connectivity index (χ4n) is 2.80. The number of anilines is 2. The number of carbonyl (C=O) groups excluding carboxylic acids is 1. The molecule has 2 nitrogen and oxygen atoms in total. The van der Waals surface area contributed by atoms with Crippen molar-refractivity contribution in [3.05, 3.63) is 59.7 Å². The standard InChI is InChI=1S/C20H24ClNO/c1-14(2)17-11-8-12-18(15(3)4)20(17)22(19(23)13-21)16-9-6-5-7-10-16/h5-12,14-15H,13H2,1-4H3. The Kier molecular flexibility index (Phi) is 5.84. The summed E-state index contributed by atoms with van der Waals surface area (Å²) in [5.41, 5.74) is 4.17. The van der Waals surface area contributed by atoms with Gasteiger partial charge in [-0.05, 0) is 35.1 Å². The van der Waals surface area contributed by atoms with Crippen molar-refractivity contribution in [2.75, 3.05) is 10.8 Å². The molecule has 0 N–H and O–H groups in total. The number of hydrogen-bond donors (Lipinski definition) is 0. The monoisotopic (exact) mass is 329 g/mol. The van der Waals surface area contributed by atoms with Crippen LogP contribution in [0.25, 0.3) is 0 Å². The van der Waals surface area contributed by atoms with Crippen molar-refractivity contribution in [1.29, 1.82) is 0 Å². The van der Waals surface area contributed by atoms with E-state index in [0.29, 0.717) is 11.8 Å². The van der Waals surface area contributed by atoms with Crippen molar-refractivity contribution < 1.29 is 4.79 Å². The zero-order valence-corrected chi connectivity index (χ0v) is 15.0. The molecule has 2 aromatic rings. The van der Waals surface area contributed by atoms with Gasteiger partial charge in [0, 0.05) is 5.69 Å². The Hall–Kier alpha value is -1.80. The Balaban J connectivity index is 2.74. The van der Waals surface area contributed by atoms with Gasteiger partial charge in [0.2, 0.25) is 5.91 Å². The van der Waals surface area contributed by atoms with Gasteiger partial charge in [-0.3, -0.25) is 9.69 Å². The molecular formula is C20H24ClNO. The maximum absolute atomic E-state index is 12.7. The van der Waals surface area contributed by atoms with E-state index >= 15 is 0 Å². The Morgan fingerprint density at radius 3 is 1.87 bits per heavy atom. The summed E-state index contributed by atoms with van der Waals surface area (Å²) in [5.74, 6) is 0.489. The molecule has 1 amide bonds. The first-order chi connectivity index (χ1) is 11.0. The highest BCUT2D eigenvalue weighted by atomic mass is 35.5. The normalized spacial score (nSPS) is 11.1. The average molecular weight is 330 g/mol. The van der Waals surface area contributed by atoms with E-state index in [1.54, 1.807) is 4.90 Å². The molecule has 122 valence electrons. The highest BCUT2D eigenvalue weighted by Crippen LogP contribution is 2.39. The molecule has 3 heteroatoms. The van der Waals surface area contributed by atoms with Crippen LogP contribution in [-0.2, 0) is 4.79 Å². The summed E-state index contributed by atoms with van der Waals surface area (Å²) in [5, 5.41) is 0. The van der Waals surface area contributed by atoms with Crippen LogP contribution >= 0.6 is 11.6 Å². The van der Waals surface area contributed by atoms with Crippen LogP contribution in [0.2, 0.25) is 0 Å². The molecule has 2 aromatic carbocycles. The van der Waals surface area contributed by atoms with E-state index < -0.39 is 0 Å². The van der Waals surface area contributed by atoms with E-state index in [1.165, 1.54) is 11.1 Å². The number of benzene rings is 2. The summed E-state index contributed by atoms with van der Waals surface area (Å²) in [6, 6.07) is 16.0. The second-order valence-corrected chi connectivity index (χ2v) is 6.56. The summed E-state index contributed by atoms with van der Waals surface area (Å²) < 4.78 is 0. The van der Waals surface area contributed by atoms with Gasteiger partial charge in [-0.15, -0.1) is 11.6 Å². The van der Waals surface area contributed by atoms with Gasteiger partial charge in [0.15, 0.2) is 0 Å². The predicted octanol–water partition coefficient (Wildman–Crippen LogP) is 5.84. The average Bonchev–Trinajstić information content (AvgIpc) is 2.55. The summed E-state index contributed by atoms with van der Waals surface area (Å²) in [4.78, 5) is 14.4. The largest absolute Gasteiger partial charge is 0.279 e. The maximum Gasteiger partial charge on any atom is 0.246 e. The Labute approximate surface area is 144 Å². The topological polar surface area (TPSA) is 20.3 Å². The van der Waals surface area contributed by atoms with Crippen molar-refractivity contribution in [1.82, 2.24) is 0 Å². The highest BCUT2D eigenvalue weighted by Gasteiger charge is 2.24. The van der Waals surface area contributed by atoms with Gasteiger partial charge in [0.1, 0.15) is 5.88 Å². The first kappa shape index (κ1) is 17.6. The van der Waals surface area contributed by atoms with E-state index in [-0.39, 0.29) is 11.8 Å². The molecule has 0 spiro atoms. The zero-order chi connectivity index (χ0) is 17.0. The van der Waals surface area contributed by atoms with Gasteiger partial charge >= 0.3 is 0 Å². The van der Waals surface area contributed by atoms with Crippen molar-refractivity contribution in [2.45, 2.75) is 39.5 Å². The smallest absolute Gasteiger partial charge is 0.246 e. The number of rotatable bonds is 5. The highest BCUT2D eigenvalue weighted by molar-refractivity contribution is 6.30. The molecule has 0 aliphatic carbocycles. The third kappa shape index (κ3) is 3.76. The molecule has 0 heterocycles. The Morgan fingerprint density at radius 1 is 0.913 bits per heavy atom. The molecule has 0 aliphatic rings. The lowest BCUT2D eigenvalue weighted by Crippen LogP contribution is -2.29. The number of amides is 1. The van der Waals surface area contributed by atoms with Crippen LogP contribution in [0, 0.1) is 0 Å². The fraction of sp³-hybridized carbons (Fsp3) is 0.350. The first-order valence-electron chi connectivity index (χ1n) is 8.04. The molecule has 0 fully saturated rings. The summed E-state index contributed by atoms with van der Waals surface area (Å²) >= 11 is 5.92. The molecule has 2 rings (SSSR count). The van der Waals surface area contributed by atoms with Crippen LogP contribution in [0.1, 0.15) is 50.7 Å². The van der Waals surface area contributed by atoms with Crippen LogP contribution in [0.5, 0.6) is 0 Å². The molecule has 0 unspecified atom stereocenters. The summed E-state index contributed by atoms with van der Waals surface area (Å²) in [6.07, 6.45) is 0. The Bertz CT molecular complexity index is 638.